The Balaban J connectivity index is 1.87. The third-order valence-corrected chi connectivity index (χ3v) is 6.52. The molecule has 0 aromatic carbocycles. The summed E-state index contributed by atoms with van der Waals surface area (Å²) in [5.41, 5.74) is 1.63. The Morgan fingerprint density at radius 1 is 1.11 bits per heavy atom. The summed E-state index contributed by atoms with van der Waals surface area (Å²) in [5, 5.41) is 10.5. The molecule has 3 heteroatoms. The van der Waals surface area contributed by atoms with Crippen LogP contribution in [0.25, 0.3) is 0 Å². The van der Waals surface area contributed by atoms with E-state index < -0.39 is 6.10 Å². The number of rotatable bonds is 2. The van der Waals surface area contributed by atoms with Gasteiger partial charge in [0.2, 0.25) is 0 Å². The van der Waals surface area contributed by atoms with Crippen LogP contribution in [0.1, 0.15) is 58.4 Å². The number of hydrogen-bond acceptors (Lipinski definition) is 3. The van der Waals surface area contributed by atoms with Crippen LogP contribution in [-0.2, 0) is 18.3 Å². The molecule has 0 aliphatic heterocycles. The lowest BCUT2D eigenvalue weighted by Gasteiger charge is -2.15. The Morgan fingerprint density at radius 2 is 1.89 bits per heavy atom. The van der Waals surface area contributed by atoms with Gasteiger partial charge in [0, 0.05) is 19.5 Å². The molecule has 0 amide bonds. The standard InChI is InChI=1S/C16H20OS2/c1-16(2,3)14-8-7-12(19-14)15(17)13-9-10-5-4-6-11(10)18-13/h7-9,15,17H,4-6H2,1-3H3. The van der Waals surface area contributed by atoms with Gasteiger partial charge in [0.25, 0.3) is 0 Å². The van der Waals surface area contributed by atoms with Crippen molar-refractivity contribution >= 4 is 22.7 Å². The van der Waals surface area contributed by atoms with Crippen molar-refractivity contribution in [2.45, 2.75) is 51.6 Å². The summed E-state index contributed by atoms with van der Waals surface area (Å²) < 4.78 is 0. The van der Waals surface area contributed by atoms with Crippen molar-refractivity contribution in [1.29, 1.82) is 0 Å². The van der Waals surface area contributed by atoms with Crippen molar-refractivity contribution in [3.8, 4) is 0 Å². The Bertz CT molecular complexity index is 565. The Labute approximate surface area is 122 Å². The van der Waals surface area contributed by atoms with Gasteiger partial charge < -0.3 is 5.11 Å². The van der Waals surface area contributed by atoms with Crippen LogP contribution in [0.2, 0.25) is 0 Å². The molecular formula is C16H20OS2. The van der Waals surface area contributed by atoms with Gasteiger partial charge in [0.1, 0.15) is 6.10 Å². The van der Waals surface area contributed by atoms with E-state index in [1.54, 1.807) is 22.7 Å². The maximum absolute atomic E-state index is 10.5. The molecule has 1 N–H and O–H groups in total. The van der Waals surface area contributed by atoms with Crippen LogP contribution < -0.4 is 0 Å². The van der Waals surface area contributed by atoms with Crippen LogP contribution in [0, 0.1) is 0 Å². The van der Waals surface area contributed by atoms with E-state index in [0.29, 0.717) is 0 Å². The van der Waals surface area contributed by atoms with Crippen molar-refractivity contribution in [1.82, 2.24) is 0 Å². The second-order valence-corrected chi connectivity index (χ2v) is 8.59. The molecule has 0 fully saturated rings. The molecule has 1 nitrogen and oxygen atoms in total. The van der Waals surface area contributed by atoms with Gasteiger partial charge in [-0.25, -0.2) is 0 Å². The topological polar surface area (TPSA) is 20.2 Å². The average Bonchev–Trinajstić information content (AvgIpc) is 3.01. The number of aryl methyl sites for hydroxylation is 2. The Hall–Kier alpha value is -0.640. The summed E-state index contributed by atoms with van der Waals surface area (Å²) >= 11 is 3.54. The van der Waals surface area contributed by atoms with Gasteiger partial charge in [-0.1, -0.05) is 20.8 Å². The maximum atomic E-state index is 10.5. The lowest BCUT2D eigenvalue weighted by atomic mass is 9.95. The first-order chi connectivity index (χ1) is 8.95. The third kappa shape index (κ3) is 2.51. The summed E-state index contributed by atoms with van der Waals surface area (Å²) in [6.07, 6.45) is 3.24. The molecule has 1 aliphatic carbocycles. The molecule has 2 aromatic rings. The smallest absolute Gasteiger partial charge is 0.122 e. The predicted octanol–water partition coefficient (Wildman–Crippen LogP) is 4.68. The van der Waals surface area contributed by atoms with E-state index in [2.05, 4.69) is 39.0 Å². The monoisotopic (exact) mass is 292 g/mol. The molecular weight excluding hydrogens is 272 g/mol. The molecule has 0 bridgehead atoms. The molecule has 1 atom stereocenters. The summed E-state index contributed by atoms with van der Waals surface area (Å²) in [4.78, 5) is 5.02. The second-order valence-electron chi connectivity index (χ2n) is 6.31. The highest BCUT2D eigenvalue weighted by atomic mass is 32.1. The first kappa shape index (κ1) is 13.3. The van der Waals surface area contributed by atoms with Crippen LogP contribution >= 0.6 is 22.7 Å². The van der Waals surface area contributed by atoms with Crippen molar-refractivity contribution in [3.05, 3.63) is 43.3 Å². The molecule has 1 aliphatic rings. The highest BCUT2D eigenvalue weighted by Crippen LogP contribution is 2.39. The van der Waals surface area contributed by atoms with Gasteiger partial charge >= 0.3 is 0 Å². The molecule has 0 radical (unpaired) electrons. The molecule has 0 saturated heterocycles. The zero-order chi connectivity index (χ0) is 13.6. The Kier molecular flexibility index (Phi) is 3.32. The van der Waals surface area contributed by atoms with Crippen molar-refractivity contribution in [2.24, 2.45) is 0 Å². The molecule has 2 aromatic heterocycles. The maximum Gasteiger partial charge on any atom is 0.122 e. The van der Waals surface area contributed by atoms with Gasteiger partial charge in [-0.05, 0) is 48.4 Å². The van der Waals surface area contributed by atoms with Gasteiger partial charge in [-0.2, -0.15) is 0 Å². The zero-order valence-electron chi connectivity index (χ0n) is 11.7. The van der Waals surface area contributed by atoms with E-state index >= 15 is 0 Å². The minimum Gasteiger partial charge on any atom is -0.382 e. The fourth-order valence-corrected chi connectivity index (χ4v) is 4.94. The molecule has 19 heavy (non-hydrogen) atoms. The largest absolute Gasteiger partial charge is 0.382 e. The highest BCUT2D eigenvalue weighted by Gasteiger charge is 2.23. The average molecular weight is 292 g/mol. The minimum absolute atomic E-state index is 0.167. The van der Waals surface area contributed by atoms with E-state index in [-0.39, 0.29) is 5.41 Å². The van der Waals surface area contributed by atoms with E-state index in [9.17, 15) is 5.11 Å². The summed E-state index contributed by atoms with van der Waals surface area (Å²) in [5.74, 6) is 0. The summed E-state index contributed by atoms with van der Waals surface area (Å²) in [6, 6.07) is 6.46. The first-order valence-electron chi connectivity index (χ1n) is 6.85. The Morgan fingerprint density at radius 3 is 2.53 bits per heavy atom. The molecule has 2 heterocycles. The molecule has 1 unspecified atom stereocenters. The van der Waals surface area contributed by atoms with Crippen LogP contribution in [0.3, 0.4) is 0 Å². The van der Waals surface area contributed by atoms with Crippen LogP contribution in [-0.4, -0.2) is 5.11 Å². The minimum atomic E-state index is -0.434. The number of hydrogen-bond donors (Lipinski definition) is 1. The fraction of sp³-hybridized carbons (Fsp3) is 0.500. The second kappa shape index (κ2) is 4.72. The number of thiophene rings is 2. The number of aliphatic hydroxyl groups is 1. The third-order valence-electron chi connectivity index (χ3n) is 3.67. The van der Waals surface area contributed by atoms with Crippen molar-refractivity contribution in [2.75, 3.05) is 0 Å². The quantitative estimate of drug-likeness (QED) is 0.852. The lowest BCUT2D eigenvalue weighted by molar-refractivity contribution is 0.228. The van der Waals surface area contributed by atoms with E-state index in [0.717, 1.165) is 9.75 Å². The van der Waals surface area contributed by atoms with Gasteiger partial charge in [-0.15, -0.1) is 22.7 Å². The normalized spacial score (nSPS) is 16.6. The highest BCUT2D eigenvalue weighted by molar-refractivity contribution is 7.13. The van der Waals surface area contributed by atoms with Gasteiger partial charge in [0.05, 0.1) is 0 Å². The van der Waals surface area contributed by atoms with E-state index in [4.69, 9.17) is 0 Å². The van der Waals surface area contributed by atoms with Crippen LogP contribution in [0.15, 0.2) is 18.2 Å². The van der Waals surface area contributed by atoms with Crippen molar-refractivity contribution < 1.29 is 5.11 Å². The summed E-state index contributed by atoms with van der Waals surface area (Å²) in [6.45, 7) is 6.65. The number of aliphatic hydroxyl groups excluding tert-OH is 1. The van der Waals surface area contributed by atoms with Crippen molar-refractivity contribution in [3.63, 3.8) is 0 Å². The molecule has 0 saturated carbocycles. The lowest BCUT2D eigenvalue weighted by Crippen LogP contribution is -2.07. The van der Waals surface area contributed by atoms with Gasteiger partial charge in [0.15, 0.2) is 0 Å². The van der Waals surface area contributed by atoms with Crippen LogP contribution in [0.5, 0.6) is 0 Å². The SMILES string of the molecule is CC(C)(C)c1ccc(C(O)c2cc3c(s2)CCC3)s1. The molecule has 0 spiro atoms. The van der Waals surface area contributed by atoms with E-state index in [1.807, 2.05) is 0 Å². The number of fused-ring (bicyclic) bond motifs is 1. The molecule has 3 rings (SSSR count). The first-order valence-corrected chi connectivity index (χ1v) is 8.48. The van der Waals surface area contributed by atoms with Crippen LogP contribution in [0.4, 0.5) is 0 Å². The van der Waals surface area contributed by atoms with Gasteiger partial charge in [-0.3, -0.25) is 0 Å². The predicted molar refractivity (Wildman–Crippen MR) is 83.4 cm³/mol. The fourth-order valence-electron chi connectivity index (χ4n) is 2.53. The zero-order valence-corrected chi connectivity index (χ0v) is 13.3. The summed E-state index contributed by atoms with van der Waals surface area (Å²) in [7, 11) is 0. The molecule has 102 valence electrons. The van der Waals surface area contributed by atoms with E-state index in [1.165, 1.54) is 34.6 Å².